The summed E-state index contributed by atoms with van der Waals surface area (Å²) in [6, 6.07) is -0.433. The molecule has 170 valence electrons. The minimum atomic E-state index is -0.857. The minimum absolute atomic E-state index is 0.00438. The molecular formula is C18H33N7O5. The molecule has 0 saturated carbocycles. The number of carbonyl (C=O) groups excluding carboxylic acids is 4. The number of hydrogen-bond acceptors (Lipinski definition) is 7. The molecule has 0 unspecified atom stereocenters. The number of urea groups is 1. The van der Waals surface area contributed by atoms with E-state index >= 15 is 0 Å². The second-order valence-corrected chi connectivity index (χ2v) is 7.00. The van der Waals surface area contributed by atoms with Gasteiger partial charge in [-0.05, 0) is 18.8 Å². The molecule has 7 N–H and O–H groups in total. The minimum Gasteiger partial charge on any atom is -0.448 e. The number of nitrogens with two attached hydrogens (primary N) is 2. The molecule has 0 bridgehead atoms. The first-order chi connectivity index (χ1) is 14.1. The zero-order valence-corrected chi connectivity index (χ0v) is 17.8. The van der Waals surface area contributed by atoms with E-state index in [1.807, 2.05) is 6.07 Å². The summed E-state index contributed by atoms with van der Waals surface area (Å²) in [5.41, 5.74) is 10.8. The van der Waals surface area contributed by atoms with E-state index in [4.69, 9.17) is 21.5 Å². The van der Waals surface area contributed by atoms with Crippen molar-refractivity contribution in [3.63, 3.8) is 0 Å². The lowest BCUT2D eigenvalue weighted by Gasteiger charge is -2.23. The van der Waals surface area contributed by atoms with Gasteiger partial charge in [-0.25, -0.2) is 9.59 Å². The topological polar surface area (TPSA) is 193 Å². The van der Waals surface area contributed by atoms with Crippen molar-refractivity contribution >= 4 is 23.9 Å². The average molecular weight is 428 g/mol. The van der Waals surface area contributed by atoms with Gasteiger partial charge < -0.3 is 37.1 Å². The fourth-order valence-corrected chi connectivity index (χ4v) is 2.21. The fraction of sp³-hybridized carbons (Fsp3) is 0.722. The lowest BCUT2D eigenvalue weighted by atomic mass is 10.0. The smallest absolute Gasteiger partial charge is 0.409 e. The standard InChI is InChI=1S/C18H33N7O5/c1-12(2)14(20)16(27)24-13(6-4-8-23-17(21)28)15(26)22-9-10-25(3)18(29)30-11-5-7-19/h12-14H,4-6,8-11,20H2,1-3H3,(H,22,26)(H,24,27)(H3,21,23,28)/t13-,14-/m0/s1. The van der Waals surface area contributed by atoms with E-state index in [2.05, 4.69) is 16.0 Å². The van der Waals surface area contributed by atoms with Crippen molar-refractivity contribution in [2.24, 2.45) is 17.4 Å². The maximum absolute atomic E-state index is 12.5. The highest BCUT2D eigenvalue weighted by Gasteiger charge is 2.25. The Labute approximate surface area is 176 Å². The number of nitrogens with zero attached hydrogens (tertiary/aromatic N) is 2. The van der Waals surface area contributed by atoms with Crippen molar-refractivity contribution in [3.05, 3.63) is 0 Å². The number of nitrogens with one attached hydrogen (secondary N) is 3. The molecule has 0 heterocycles. The highest BCUT2D eigenvalue weighted by atomic mass is 16.6. The van der Waals surface area contributed by atoms with Crippen molar-refractivity contribution in [2.75, 3.05) is 33.3 Å². The van der Waals surface area contributed by atoms with Gasteiger partial charge in [0.25, 0.3) is 0 Å². The molecule has 0 saturated heterocycles. The molecule has 0 spiro atoms. The van der Waals surface area contributed by atoms with Crippen LogP contribution in [-0.2, 0) is 14.3 Å². The molecule has 0 rings (SSSR count). The van der Waals surface area contributed by atoms with Crippen LogP contribution in [-0.4, -0.2) is 74.2 Å². The Bertz CT molecular complexity index is 621. The molecule has 0 aliphatic rings. The van der Waals surface area contributed by atoms with E-state index in [-0.39, 0.29) is 45.0 Å². The van der Waals surface area contributed by atoms with E-state index in [9.17, 15) is 19.2 Å². The average Bonchev–Trinajstić information content (AvgIpc) is 2.68. The second kappa shape index (κ2) is 14.9. The number of hydrogen-bond donors (Lipinski definition) is 5. The maximum Gasteiger partial charge on any atom is 0.409 e. The van der Waals surface area contributed by atoms with Crippen LogP contribution in [0, 0.1) is 17.2 Å². The van der Waals surface area contributed by atoms with Crippen LogP contribution >= 0.6 is 0 Å². The first-order valence-corrected chi connectivity index (χ1v) is 9.71. The molecule has 0 aromatic heterocycles. The van der Waals surface area contributed by atoms with Crippen LogP contribution in [0.4, 0.5) is 9.59 Å². The van der Waals surface area contributed by atoms with Crippen LogP contribution < -0.4 is 27.4 Å². The Balaban J connectivity index is 4.66. The Kier molecular flexibility index (Phi) is 13.3. The van der Waals surface area contributed by atoms with Gasteiger partial charge in [-0.3, -0.25) is 9.59 Å². The quantitative estimate of drug-likeness (QED) is 0.233. The highest BCUT2D eigenvalue weighted by Crippen LogP contribution is 2.02. The van der Waals surface area contributed by atoms with Gasteiger partial charge >= 0.3 is 12.1 Å². The largest absolute Gasteiger partial charge is 0.448 e. The lowest BCUT2D eigenvalue weighted by Crippen LogP contribution is -2.53. The van der Waals surface area contributed by atoms with Crippen molar-refractivity contribution < 1.29 is 23.9 Å². The van der Waals surface area contributed by atoms with Gasteiger partial charge in [-0.15, -0.1) is 0 Å². The molecule has 0 radical (unpaired) electrons. The van der Waals surface area contributed by atoms with E-state index in [0.29, 0.717) is 6.42 Å². The first kappa shape index (κ1) is 26.9. The summed E-state index contributed by atoms with van der Waals surface area (Å²) in [6.45, 7) is 4.14. The van der Waals surface area contributed by atoms with Crippen LogP contribution in [0.1, 0.15) is 33.1 Å². The summed E-state index contributed by atoms with van der Waals surface area (Å²) >= 11 is 0. The summed E-state index contributed by atoms with van der Waals surface area (Å²) in [5, 5.41) is 16.1. The Morgan fingerprint density at radius 3 is 2.37 bits per heavy atom. The third kappa shape index (κ3) is 11.7. The third-order valence-electron chi connectivity index (χ3n) is 4.12. The zero-order chi connectivity index (χ0) is 23.1. The predicted octanol–water partition coefficient (Wildman–Crippen LogP) is -0.999. The van der Waals surface area contributed by atoms with Gasteiger partial charge in [0.2, 0.25) is 11.8 Å². The maximum atomic E-state index is 12.5. The van der Waals surface area contributed by atoms with Gasteiger partial charge in [0, 0.05) is 26.7 Å². The number of carbonyl (C=O) groups is 4. The Hall–Kier alpha value is -3.07. The number of rotatable bonds is 13. The third-order valence-corrected chi connectivity index (χ3v) is 4.12. The molecule has 5 amide bonds. The summed E-state index contributed by atoms with van der Waals surface area (Å²) in [7, 11) is 1.50. The molecule has 0 fully saturated rings. The van der Waals surface area contributed by atoms with Gasteiger partial charge in [0.05, 0.1) is 18.5 Å². The van der Waals surface area contributed by atoms with Crippen LogP contribution in [0.15, 0.2) is 0 Å². The van der Waals surface area contributed by atoms with Gasteiger partial charge in [0.1, 0.15) is 12.6 Å². The Morgan fingerprint density at radius 1 is 1.13 bits per heavy atom. The Morgan fingerprint density at radius 2 is 1.80 bits per heavy atom. The fourth-order valence-electron chi connectivity index (χ4n) is 2.21. The summed E-state index contributed by atoms with van der Waals surface area (Å²) in [5.74, 6) is -0.998. The molecule has 0 aromatic rings. The van der Waals surface area contributed by atoms with Gasteiger partial charge in [0.15, 0.2) is 0 Å². The van der Waals surface area contributed by atoms with Crippen molar-refractivity contribution in [2.45, 2.75) is 45.2 Å². The number of ether oxygens (including phenoxy) is 1. The van der Waals surface area contributed by atoms with E-state index in [0.717, 1.165) is 0 Å². The van der Waals surface area contributed by atoms with E-state index in [1.165, 1.54) is 11.9 Å². The summed E-state index contributed by atoms with van der Waals surface area (Å²) in [4.78, 5) is 48.5. The molecule has 0 aromatic carbocycles. The molecule has 12 heteroatoms. The van der Waals surface area contributed by atoms with Crippen LogP contribution in [0.25, 0.3) is 0 Å². The molecule has 30 heavy (non-hydrogen) atoms. The molecular weight excluding hydrogens is 394 g/mol. The number of likely N-dealkylation sites (N-methyl/N-ethyl adjacent to an activating group) is 1. The molecule has 2 atom stereocenters. The molecule has 0 aliphatic heterocycles. The van der Waals surface area contributed by atoms with E-state index < -0.39 is 36.0 Å². The SMILES string of the molecule is CC(C)[C@H](N)C(=O)N[C@@H](CCCNC(N)=O)C(=O)NCCN(C)C(=O)OCCC#N. The van der Waals surface area contributed by atoms with Crippen LogP contribution in [0.2, 0.25) is 0 Å². The van der Waals surface area contributed by atoms with Crippen molar-refractivity contribution in [1.82, 2.24) is 20.9 Å². The van der Waals surface area contributed by atoms with Gasteiger partial charge in [-0.1, -0.05) is 13.8 Å². The zero-order valence-electron chi connectivity index (χ0n) is 17.8. The summed E-state index contributed by atoms with van der Waals surface area (Å²) < 4.78 is 4.87. The normalized spacial score (nSPS) is 12.3. The molecule has 0 aliphatic carbocycles. The van der Waals surface area contributed by atoms with Crippen molar-refractivity contribution in [1.29, 1.82) is 5.26 Å². The summed E-state index contributed by atoms with van der Waals surface area (Å²) in [6.07, 6.45) is 0.156. The van der Waals surface area contributed by atoms with E-state index in [1.54, 1.807) is 13.8 Å². The van der Waals surface area contributed by atoms with Crippen molar-refractivity contribution in [3.8, 4) is 6.07 Å². The first-order valence-electron chi connectivity index (χ1n) is 9.71. The molecule has 12 nitrogen and oxygen atoms in total. The second-order valence-electron chi connectivity index (χ2n) is 7.00. The number of amides is 5. The van der Waals surface area contributed by atoms with Gasteiger partial charge in [-0.2, -0.15) is 5.26 Å². The van der Waals surface area contributed by atoms with Crippen LogP contribution in [0.3, 0.4) is 0 Å². The number of nitriles is 1. The number of primary amides is 1. The van der Waals surface area contributed by atoms with Crippen LogP contribution in [0.5, 0.6) is 0 Å². The predicted molar refractivity (Wildman–Crippen MR) is 109 cm³/mol. The highest BCUT2D eigenvalue weighted by molar-refractivity contribution is 5.89. The monoisotopic (exact) mass is 427 g/mol. The lowest BCUT2D eigenvalue weighted by molar-refractivity contribution is -0.130.